The molecule has 18 aromatic carbocycles. The number of nitrogens with zero attached hydrogens (tertiary/aromatic N) is 8. The van der Waals surface area contributed by atoms with Gasteiger partial charge in [0.25, 0.3) is 0 Å². The molecule has 0 bridgehead atoms. The zero-order valence-electron chi connectivity index (χ0n) is 69.0. The van der Waals surface area contributed by atoms with E-state index in [0.717, 1.165) is 111 Å². The molecule has 4 aliphatic rings. The Morgan fingerprint density at radius 2 is 0.414 bits per heavy atom. The molecule has 2 spiro atoms. The SMILES string of the molecule is c1ccc(-c2cccc(-c3nc(-c4ccccc4)nc(-c4cccc(-c5nc6ccccc6c6cc7c(cc56)Sc5ccccc5C75c6ccccc6-c6ccccc65)c4)n3)c2)cc1.c1ccc(-c2nc(-c3ccccc3)nc(-c3ccc(-c4cccc(-c5nc6ccccc6c6cc7c(cc56)Sc5ccccc5C75c6ccccc6-c6ccccc65)c4)cc3)n2)cc1. The molecule has 0 N–H and O–H groups in total. The Bertz CT molecular complexity index is 8120. The van der Waals surface area contributed by atoms with Crippen LogP contribution in [-0.4, -0.2) is 39.9 Å². The zero-order chi connectivity index (χ0) is 84.4. The lowest BCUT2D eigenvalue weighted by Crippen LogP contribution is -2.32. The Morgan fingerprint density at radius 3 is 0.805 bits per heavy atom. The van der Waals surface area contributed by atoms with E-state index in [1.165, 1.54) is 97.1 Å². The van der Waals surface area contributed by atoms with Gasteiger partial charge >= 0.3 is 0 Å². The van der Waals surface area contributed by atoms with Crippen LogP contribution in [0.5, 0.6) is 0 Å². The van der Waals surface area contributed by atoms with Crippen LogP contribution in [0.4, 0.5) is 0 Å². The van der Waals surface area contributed by atoms with Gasteiger partial charge in [-0.1, -0.05) is 394 Å². The fourth-order valence-corrected chi connectivity index (χ4v) is 22.7. The van der Waals surface area contributed by atoms with E-state index < -0.39 is 10.8 Å². The fraction of sp³-hybridized carbons (Fsp3) is 0.0169. The molecule has 0 unspecified atom stereocenters. The van der Waals surface area contributed by atoms with Gasteiger partial charge in [-0.2, -0.15) is 0 Å². The van der Waals surface area contributed by atoms with Crippen LogP contribution in [0.1, 0.15) is 44.5 Å². The number of hydrogen-bond donors (Lipinski definition) is 0. The molecule has 128 heavy (non-hydrogen) atoms. The number of rotatable bonds is 10. The van der Waals surface area contributed by atoms with Gasteiger partial charge in [0.1, 0.15) is 0 Å². The maximum atomic E-state index is 5.47. The first-order chi connectivity index (χ1) is 63.4. The van der Waals surface area contributed by atoms with Crippen LogP contribution >= 0.6 is 23.5 Å². The summed E-state index contributed by atoms with van der Waals surface area (Å²) in [4.78, 5) is 46.2. The van der Waals surface area contributed by atoms with Crippen LogP contribution in [0.3, 0.4) is 0 Å². The first-order valence-electron chi connectivity index (χ1n) is 43.3. The van der Waals surface area contributed by atoms with Crippen molar-refractivity contribution in [2.75, 3.05) is 0 Å². The van der Waals surface area contributed by atoms with Gasteiger partial charge in [-0.25, -0.2) is 39.9 Å². The summed E-state index contributed by atoms with van der Waals surface area (Å²) in [5.41, 5.74) is 30.8. The second-order valence-corrected chi connectivity index (χ2v) is 35.2. The summed E-state index contributed by atoms with van der Waals surface area (Å²) in [7, 11) is 0. The van der Waals surface area contributed by atoms with Crippen LogP contribution in [0.25, 0.3) is 179 Å². The molecule has 596 valence electrons. The molecule has 8 nitrogen and oxygen atoms in total. The van der Waals surface area contributed by atoms with Gasteiger partial charge in [0.15, 0.2) is 34.9 Å². The molecule has 4 aromatic heterocycles. The monoisotopic (exact) mass is 1660 g/mol. The van der Waals surface area contributed by atoms with Gasteiger partial charge in [-0.05, 0) is 167 Å². The number of aromatic nitrogens is 8. The molecule has 0 amide bonds. The molecule has 10 heteroatoms. The summed E-state index contributed by atoms with van der Waals surface area (Å²) in [6.07, 6.45) is 0. The molecule has 26 rings (SSSR count). The van der Waals surface area contributed by atoms with E-state index in [4.69, 9.17) is 39.9 Å². The van der Waals surface area contributed by atoms with Crippen molar-refractivity contribution in [1.29, 1.82) is 0 Å². The lowest BCUT2D eigenvalue weighted by molar-refractivity contribution is 0.724. The Hall–Kier alpha value is -16.0. The molecular weight excluding hydrogens is 1590 g/mol. The normalized spacial score (nSPS) is 13.1. The summed E-state index contributed by atoms with van der Waals surface area (Å²) < 4.78 is 0. The first-order valence-corrected chi connectivity index (χ1v) is 44.9. The Labute approximate surface area is 748 Å². The highest BCUT2D eigenvalue weighted by molar-refractivity contribution is 7.99. The van der Waals surface area contributed by atoms with Gasteiger partial charge in [0, 0.05) is 85.6 Å². The second-order valence-electron chi connectivity index (χ2n) is 33.0. The van der Waals surface area contributed by atoms with Gasteiger partial charge in [0.05, 0.1) is 33.3 Å². The summed E-state index contributed by atoms with van der Waals surface area (Å²) in [6.45, 7) is 0. The predicted octanol–water partition coefficient (Wildman–Crippen LogP) is 29.5. The quantitative estimate of drug-likeness (QED) is 0.123. The highest BCUT2D eigenvalue weighted by Crippen LogP contribution is 2.65. The van der Waals surface area contributed by atoms with Crippen LogP contribution < -0.4 is 0 Å². The predicted molar refractivity (Wildman–Crippen MR) is 522 cm³/mol. The lowest BCUT2D eigenvalue weighted by atomic mass is 9.67. The van der Waals surface area contributed by atoms with Crippen molar-refractivity contribution in [3.8, 4) is 135 Å². The molecule has 0 saturated heterocycles. The van der Waals surface area contributed by atoms with E-state index in [0.29, 0.717) is 34.9 Å². The van der Waals surface area contributed by atoms with Gasteiger partial charge in [-0.3, -0.25) is 0 Å². The largest absolute Gasteiger partial charge is 0.247 e. The summed E-state index contributed by atoms with van der Waals surface area (Å²) >= 11 is 3.73. The van der Waals surface area contributed by atoms with Crippen molar-refractivity contribution < 1.29 is 0 Å². The smallest absolute Gasteiger partial charge is 0.164 e. The van der Waals surface area contributed by atoms with Crippen molar-refractivity contribution in [2.45, 2.75) is 30.4 Å². The maximum absolute atomic E-state index is 5.47. The van der Waals surface area contributed by atoms with Crippen molar-refractivity contribution in [3.63, 3.8) is 0 Å². The van der Waals surface area contributed by atoms with Crippen LogP contribution in [0, 0.1) is 0 Å². The van der Waals surface area contributed by atoms with Gasteiger partial charge in [0.2, 0.25) is 0 Å². The third-order valence-corrected chi connectivity index (χ3v) is 28.2. The second kappa shape index (κ2) is 30.5. The third kappa shape index (κ3) is 12.2. The van der Waals surface area contributed by atoms with Crippen LogP contribution in [0.15, 0.2) is 456 Å². The third-order valence-electron chi connectivity index (χ3n) is 25.9. The molecule has 6 heterocycles. The number of hydrogen-bond acceptors (Lipinski definition) is 10. The summed E-state index contributed by atoms with van der Waals surface area (Å²) in [6, 6.07) is 156. The van der Waals surface area contributed by atoms with Crippen molar-refractivity contribution in [2.24, 2.45) is 0 Å². The van der Waals surface area contributed by atoms with Crippen LogP contribution in [-0.2, 0) is 10.8 Å². The van der Waals surface area contributed by atoms with Crippen molar-refractivity contribution in [1.82, 2.24) is 39.9 Å². The van der Waals surface area contributed by atoms with E-state index in [1.54, 1.807) is 0 Å². The van der Waals surface area contributed by atoms with Gasteiger partial charge < -0.3 is 0 Å². The van der Waals surface area contributed by atoms with Gasteiger partial charge in [-0.15, -0.1) is 0 Å². The molecule has 0 atom stereocenters. The Balaban J connectivity index is 0.000000139. The minimum absolute atomic E-state index is 0.456. The molecule has 0 fully saturated rings. The van der Waals surface area contributed by atoms with E-state index in [-0.39, 0.29) is 0 Å². The number of benzene rings is 18. The van der Waals surface area contributed by atoms with E-state index in [9.17, 15) is 0 Å². The number of fused-ring (bicyclic) bond motifs is 24. The number of pyridine rings is 2. The Morgan fingerprint density at radius 1 is 0.148 bits per heavy atom. The summed E-state index contributed by atoms with van der Waals surface area (Å²) in [5.74, 6) is 3.77. The molecule has 0 saturated carbocycles. The van der Waals surface area contributed by atoms with Crippen molar-refractivity contribution >= 4 is 66.9 Å². The highest BCUT2D eigenvalue weighted by atomic mass is 32.2. The minimum atomic E-state index is -0.476. The average molecular weight is 1670 g/mol. The molecule has 0 radical (unpaired) electrons. The molecule has 2 aliphatic carbocycles. The fourth-order valence-electron chi connectivity index (χ4n) is 20.3. The molecule has 22 aromatic rings. The van der Waals surface area contributed by atoms with E-state index in [2.05, 4.69) is 352 Å². The standard InChI is InChI=1S/2C59H36N4S/c1-3-17-37(18-4-1)39-21-15-23-41(33-39)57-61-56(38-19-5-2-6-20-38)62-58(63-57)42-24-16-22-40(34-42)55-47-36-54-51(35-46(47)45-27-9-13-31-52(45)60-55)59(50-30-12-14-32-53(50)64-54)48-28-10-7-25-43(48)44-26-8-11-29-49(44)59;1-3-16-38(17-4-1)56-61-57(39-18-5-2-6-19-39)63-58(62-56)40-32-30-37(31-33-40)41-20-15-21-42(34-41)55-47-36-54-51(35-46(47)45-24-9-13-28-52(45)60-55)59(50-27-12-14-29-53(50)64-54)48-25-10-7-22-43(48)44-23-8-11-26-49(44)59/h2*1-36H. The highest BCUT2D eigenvalue weighted by Gasteiger charge is 2.52. The van der Waals surface area contributed by atoms with Crippen LogP contribution in [0.2, 0.25) is 0 Å². The first kappa shape index (κ1) is 74.6. The molecular formula is C118H72N8S2. The zero-order valence-corrected chi connectivity index (χ0v) is 70.6. The molecule has 2 aliphatic heterocycles. The average Bonchev–Trinajstić information content (AvgIpc) is 1.49. The minimum Gasteiger partial charge on any atom is -0.247 e. The summed E-state index contributed by atoms with van der Waals surface area (Å²) in [5, 5.41) is 6.92. The Kier molecular flexibility index (Phi) is 17.8. The topological polar surface area (TPSA) is 103 Å². The number of para-hydroxylation sites is 2. The maximum Gasteiger partial charge on any atom is 0.164 e. The van der Waals surface area contributed by atoms with Crippen molar-refractivity contribution in [3.05, 3.63) is 481 Å². The lowest BCUT2D eigenvalue weighted by Gasteiger charge is -2.40. The van der Waals surface area contributed by atoms with E-state index in [1.807, 2.05) is 108 Å². The van der Waals surface area contributed by atoms with E-state index >= 15 is 0 Å².